The maximum absolute atomic E-state index is 13.1. The van der Waals surface area contributed by atoms with Crippen molar-refractivity contribution in [3.05, 3.63) is 30.1 Å². The van der Waals surface area contributed by atoms with Gasteiger partial charge in [-0.2, -0.15) is 0 Å². The summed E-state index contributed by atoms with van der Waals surface area (Å²) in [6, 6.07) is 4.63. The number of carbonyl (C=O) groups is 2. The fraction of sp³-hybridized carbons (Fsp3) is 0.450. The normalized spacial score (nSPS) is 23.2. The number of imide groups is 1. The molecule has 3 heterocycles. The summed E-state index contributed by atoms with van der Waals surface area (Å²) in [7, 11) is 4.90. The number of aliphatic imine (C=N–C) groups is 1. The Labute approximate surface area is 169 Å². The molecular weight excluding hydrogens is 374 g/mol. The second kappa shape index (κ2) is 6.98. The zero-order valence-corrected chi connectivity index (χ0v) is 17.2. The highest BCUT2D eigenvalue weighted by Gasteiger charge is 2.54. The Morgan fingerprint density at radius 2 is 1.93 bits per heavy atom. The molecule has 2 atom stereocenters. The molecule has 29 heavy (non-hydrogen) atoms. The average Bonchev–Trinajstić information content (AvgIpc) is 3.23. The number of anilines is 1. The van der Waals surface area contributed by atoms with Crippen LogP contribution in [0, 0.1) is 0 Å². The molecule has 0 radical (unpaired) electrons. The van der Waals surface area contributed by atoms with Gasteiger partial charge in [0, 0.05) is 31.6 Å². The largest absolute Gasteiger partial charge is 0.497 e. The third kappa shape index (κ3) is 2.72. The van der Waals surface area contributed by atoms with Gasteiger partial charge in [0.05, 0.1) is 19.9 Å². The second-order valence-corrected chi connectivity index (χ2v) is 7.22. The lowest BCUT2D eigenvalue weighted by Crippen LogP contribution is -2.64. The fourth-order valence-corrected chi connectivity index (χ4v) is 4.05. The zero-order valence-electron chi connectivity index (χ0n) is 17.2. The van der Waals surface area contributed by atoms with Crippen LogP contribution in [0.15, 0.2) is 35.1 Å². The van der Waals surface area contributed by atoms with Crippen molar-refractivity contribution in [1.29, 1.82) is 0 Å². The first-order valence-corrected chi connectivity index (χ1v) is 9.57. The molecule has 0 N–H and O–H groups in total. The van der Waals surface area contributed by atoms with Crippen LogP contribution < -0.4 is 14.4 Å². The fourth-order valence-electron chi connectivity index (χ4n) is 4.05. The molecule has 154 valence electrons. The van der Waals surface area contributed by atoms with E-state index in [0.717, 1.165) is 11.4 Å². The van der Waals surface area contributed by atoms with E-state index in [9.17, 15) is 9.59 Å². The van der Waals surface area contributed by atoms with E-state index in [1.807, 2.05) is 48.0 Å². The highest BCUT2D eigenvalue weighted by atomic mass is 16.5. The Morgan fingerprint density at radius 3 is 2.59 bits per heavy atom. The number of carbonyl (C=O) groups excluding carboxylic acids is 2. The molecule has 2 unspecified atom stereocenters. The number of benzene rings is 1. The molecule has 9 nitrogen and oxygen atoms in total. The van der Waals surface area contributed by atoms with Crippen LogP contribution in [-0.4, -0.2) is 72.6 Å². The molecule has 3 amide bonds. The highest BCUT2D eigenvalue weighted by Crippen LogP contribution is 2.41. The predicted molar refractivity (Wildman–Crippen MR) is 108 cm³/mol. The van der Waals surface area contributed by atoms with E-state index in [0.29, 0.717) is 30.4 Å². The SMILES string of the molecule is CCCN1C(=O)C2C(N=C3N(c4cc(OC)ccc4OC)C(C)=CN32)N(C)C1=O. The van der Waals surface area contributed by atoms with Crippen LogP contribution in [0.2, 0.25) is 0 Å². The van der Waals surface area contributed by atoms with Gasteiger partial charge in [-0.1, -0.05) is 6.92 Å². The summed E-state index contributed by atoms with van der Waals surface area (Å²) in [5.74, 6) is 1.71. The molecule has 0 aliphatic carbocycles. The molecule has 0 aromatic heterocycles. The third-order valence-corrected chi connectivity index (χ3v) is 5.46. The van der Waals surface area contributed by atoms with Gasteiger partial charge in [0.1, 0.15) is 11.5 Å². The first-order valence-electron chi connectivity index (χ1n) is 9.57. The number of ether oxygens (including phenoxy) is 2. The van der Waals surface area contributed by atoms with E-state index in [1.54, 1.807) is 21.3 Å². The van der Waals surface area contributed by atoms with Crippen LogP contribution in [0.3, 0.4) is 0 Å². The summed E-state index contributed by atoms with van der Waals surface area (Å²) in [5, 5.41) is 0. The van der Waals surface area contributed by atoms with Gasteiger partial charge in [-0.15, -0.1) is 0 Å². The highest BCUT2D eigenvalue weighted by molar-refractivity contribution is 6.10. The molecule has 1 fully saturated rings. The van der Waals surface area contributed by atoms with Crippen LogP contribution in [0.1, 0.15) is 20.3 Å². The first kappa shape index (κ1) is 19.1. The smallest absolute Gasteiger partial charge is 0.328 e. The van der Waals surface area contributed by atoms with Crippen molar-refractivity contribution in [2.75, 3.05) is 32.7 Å². The molecule has 4 rings (SSSR count). The molecule has 3 aliphatic heterocycles. The van der Waals surface area contributed by atoms with Gasteiger partial charge in [-0.05, 0) is 25.5 Å². The predicted octanol–water partition coefficient (Wildman–Crippen LogP) is 2.06. The first-order chi connectivity index (χ1) is 13.9. The summed E-state index contributed by atoms with van der Waals surface area (Å²) in [5.41, 5.74) is 1.65. The number of amides is 3. The van der Waals surface area contributed by atoms with Gasteiger partial charge >= 0.3 is 6.03 Å². The number of hydrogen-bond donors (Lipinski definition) is 0. The van der Waals surface area contributed by atoms with Crippen molar-refractivity contribution in [3.8, 4) is 11.5 Å². The monoisotopic (exact) mass is 399 g/mol. The van der Waals surface area contributed by atoms with Crippen LogP contribution in [0.5, 0.6) is 11.5 Å². The van der Waals surface area contributed by atoms with Crippen molar-refractivity contribution in [3.63, 3.8) is 0 Å². The number of allylic oxidation sites excluding steroid dienone is 1. The van der Waals surface area contributed by atoms with Crippen LogP contribution in [0.25, 0.3) is 0 Å². The summed E-state index contributed by atoms with van der Waals surface area (Å²) >= 11 is 0. The molecule has 0 saturated carbocycles. The van der Waals surface area contributed by atoms with Gasteiger partial charge in [-0.25, -0.2) is 9.79 Å². The summed E-state index contributed by atoms with van der Waals surface area (Å²) < 4.78 is 10.9. The van der Waals surface area contributed by atoms with Crippen LogP contribution in [0.4, 0.5) is 10.5 Å². The topological polar surface area (TPSA) is 77.9 Å². The van der Waals surface area contributed by atoms with E-state index in [2.05, 4.69) is 0 Å². The van der Waals surface area contributed by atoms with Gasteiger partial charge in [0.25, 0.3) is 5.91 Å². The quantitative estimate of drug-likeness (QED) is 0.754. The number of urea groups is 1. The lowest BCUT2D eigenvalue weighted by molar-refractivity contribution is -0.136. The molecule has 9 heteroatoms. The number of hydrogen-bond acceptors (Lipinski definition) is 7. The van der Waals surface area contributed by atoms with Gasteiger partial charge in [0.2, 0.25) is 5.96 Å². The molecular formula is C20H25N5O4. The Balaban J connectivity index is 1.76. The number of fused-ring (bicyclic) bond motifs is 3. The van der Waals surface area contributed by atoms with E-state index >= 15 is 0 Å². The second-order valence-electron chi connectivity index (χ2n) is 7.22. The number of likely N-dealkylation sites (N-methyl/N-ethyl adjacent to an activating group) is 1. The number of rotatable bonds is 5. The Morgan fingerprint density at radius 1 is 1.17 bits per heavy atom. The lowest BCUT2D eigenvalue weighted by Gasteiger charge is -2.40. The minimum absolute atomic E-state index is 0.220. The Bertz CT molecular complexity index is 927. The van der Waals surface area contributed by atoms with E-state index in [-0.39, 0.29) is 11.9 Å². The van der Waals surface area contributed by atoms with Gasteiger partial charge in [-0.3, -0.25) is 14.6 Å². The van der Waals surface area contributed by atoms with E-state index < -0.39 is 12.2 Å². The van der Waals surface area contributed by atoms with Crippen molar-refractivity contribution >= 4 is 23.6 Å². The Hall–Kier alpha value is -3.23. The minimum atomic E-state index is -0.573. The van der Waals surface area contributed by atoms with E-state index in [4.69, 9.17) is 14.5 Å². The van der Waals surface area contributed by atoms with Crippen molar-refractivity contribution in [1.82, 2.24) is 14.7 Å². The molecule has 3 aliphatic rings. The third-order valence-electron chi connectivity index (χ3n) is 5.46. The van der Waals surface area contributed by atoms with Gasteiger partial charge < -0.3 is 19.3 Å². The minimum Gasteiger partial charge on any atom is -0.497 e. The zero-order chi connectivity index (χ0) is 20.9. The average molecular weight is 399 g/mol. The van der Waals surface area contributed by atoms with E-state index in [1.165, 1.54) is 9.80 Å². The Kier molecular flexibility index (Phi) is 4.60. The van der Waals surface area contributed by atoms with Crippen LogP contribution >= 0.6 is 0 Å². The summed E-state index contributed by atoms with van der Waals surface area (Å²) in [4.78, 5) is 37.2. The number of nitrogens with zero attached hydrogens (tertiary/aromatic N) is 5. The standard InChI is InChI=1S/C20H25N5O4/c1-6-9-23-18(26)16-17(22(3)20(23)27)21-19-24(16)11-12(2)25(19)14-10-13(28-4)7-8-15(14)29-5/h7-8,10-11,16-17H,6,9H2,1-5H3. The maximum atomic E-state index is 13.1. The maximum Gasteiger partial charge on any atom is 0.328 e. The molecule has 1 aromatic carbocycles. The molecule has 0 bridgehead atoms. The number of guanidine groups is 1. The van der Waals surface area contributed by atoms with Crippen molar-refractivity contribution in [2.24, 2.45) is 4.99 Å². The summed E-state index contributed by atoms with van der Waals surface area (Å²) in [6.45, 7) is 4.28. The van der Waals surface area contributed by atoms with Crippen molar-refractivity contribution < 1.29 is 19.1 Å². The van der Waals surface area contributed by atoms with Crippen LogP contribution in [-0.2, 0) is 4.79 Å². The molecule has 0 spiro atoms. The molecule has 1 saturated heterocycles. The van der Waals surface area contributed by atoms with Gasteiger partial charge in [0.15, 0.2) is 12.2 Å². The summed E-state index contributed by atoms with van der Waals surface area (Å²) in [6.07, 6.45) is 2.04. The van der Waals surface area contributed by atoms with Crippen molar-refractivity contribution in [2.45, 2.75) is 32.5 Å². The number of methoxy groups -OCH3 is 2. The molecule has 1 aromatic rings. The lowest BCUT2D eigenvalue weighted by atomic mass is 10.1.